The van der Waals surface area contributed by atoms with Gasteiger partial charge < -0.3 is 15.0 Å². The number of para-hydroxylation sites is 1. The van der Waals surface area contributed by atoms with Crippen LogP contribution in [-0.2, 0) is 19.1 Å². The van der Waals surface area contributed by atoms with Crippen LogP contribution in [0.25, 0.3) is 0 Å². The lowest BCUT2D eigenvalue weighted by Crippen LogP contribution is -2.64. The third kappa shape index (κ3) is 3.19. The highest BCUT2D eigenvalue weighted by atomic mass is 16.5. The first-order valence-electron chi connectivity index (χ1n) is 7.70. The molecule has 1 N–H and O–H groups in total. The highest BCUT2D eigenvalue weighted by molar-refractivity contribution is 6.15. The van der Waals surface area contributed by atoms with Gasteiger partial charge in [-0.3, -0.25) is 14.5 Å². The van der Waals surface area contributed by atoms with E-state index < -0.39 is 35.8 Å². The summed E-state index contributed by atoms with van der Waals surface area (Å²) in [6.07, 6.45) is 0. The van der Waals surface area contributed by atoms with E-state index in [4.69, 9.17) is 0 Å². The number of imide groups is 1. The van der Waals surface area contributed by atoms with Crippen molar-refractivity contribution in [2.45, 2.75) is 19.9 Å². The van der Waals surface area contributed by atoms with E-state index >= 15 is 0 Å². The summed E-state index contributed by atoms with van der Waals surface area (Å²) in [7, 11) is 3.77. The Balaban J connectivity index is 2.41. The molecule has 1 aromatic rings. The third-order valence-electron chi connectivity index (χ3n) is 4.37. The molecule has 1 aliphatic rings. The molecule has 8 heteroatoms. The van der Waals surface area contributed by atoms with Gasteiger partial charge in [-0.15, -0.1) is 0 Å². The van der Waals surface area contributed by atoms with E-state index in [1.54, 1.807) is 0 Å². The van der Waals surface area contributed by atoms with E-state index in [0.717, 1.165) is 28.0 Å². The summed E-state index contributed by atoms with van der Waals surface area (Å²) in [5.74, 6) is -3.62. The van der Waals surface area contributed by atoms with Crippen LogP contribution < -0.4 is 5.32 Å². The number of methoxy groups -OCH3 is 1. The van der Waals surface area contributed by atoms with E-state index in [1.165, 1.54) is 14.1 Å². The Hall–Kier alpha value is -2.90. The average molecular weight is 347 g/mol. The van der Waals surface area contributed by atoms with Crippen LogP contribution in [0.4, 0.5) is 10.5 Å². The Morgan fingerprint density at radius 2 is 1.68 bits per heavy atom. The molecular weight excluding hydrogens is 326 g/mol. The molecule has 2 rings (SSSR count). The van der Waals surface area contributed by atoms with Gasteiger partial charge in [0.25, 0.3) is 0 Å². The number of hydrogen-bond acceptors (Lipinski definition) is 5. The number of anilines is 1. The van der Waals surface area contributed by atoms with Crippen molar-refractivity contribution >= 4 is 29.5 Å². The number of nitrogens with zero attached hydrogens (tertiary/aromatic N) is 2. The molecule has 0 aromatic heterocycles. The van der Waals surface area contributed by atoms with Gasteiger partial charge in [-0.05, 0) is 25.0 Å². The summed E-state index contributed by atoms with van der Waals surface area (Å²) >= 11 is 0. The van der Waals surface area contributed by atoms with E-state index in [9.17, 15) is 19.2 Å². The maximum atomic E-state index is 12.8. The highest BCUT2D eigenvalue weighted by Gasteiger charge is 2.51. The predicted molar refractivity (Wildman–Crippen MR) is 89.8 cm³/mol. The molecule has 0 saturated carbocycles. The van der Waals surface area contributed by atoms with Crippen LogP contribution in [0.5, 0.6) is 0 Å². The number of carbonyl (C=O) groups excluding carboxylic acids is 4. The zero-order valence-corrected chi connectivity index (χ0v) is 14.8. The third-order valence-corrected chi connectivity index (χ3v) is 4.37. The summed E-state index contributed by atoms with van der Waals surface area (Å²) in [5, 5.41) is 2.71. The molecular formula is C17H21N3O5. The van der Waals surface area contributed by atoms with Crippen LogP contribution in [0.15, 0.2) is 18.2 Å². The molecule has 0 aliphatic carbocycles. The number of carbonyl (C=O) groups is 4. The topological polar surface area (TPSA) is 96.0 Å². The first kappa shape index (κ1) is 18.4. The van der Waals surface area contributed by atoms with E-state index in [0.29, 0.717) is 5.69 Å². The maximum Gasteiger partial charge on any atom is 0.330 e. The quantitative estimate of drug-likeness (QED) is 0.648. The highest BCUT2D eigenvalue weighted by Crippen LogP contribution is 2.26. The Morgan fingerprint density at radius 3 is 2.20 bits per heavy atom. The number of rotatable bonds is 3. The molecule has 25 heavy (non-hydrogen) atoms. The monoisotopic (exact) mass is 347 g/mol. The van der Waals surface area contributed by atoms with Crippen LogP contribution >= 0.6 is 0 Å². The number of aryl methyl sites for hydroxylation is 2. The number of nitrogens with one attached hydrogen (secondary N) is 1. The molecule has 8 nitrogen and oxygen atoms in total. The Labute approximate surface area is 145 Å². The van der Waals surface area contributed by atoms with Crippen LogP contribution in [0.1, 0.15) is 11.1 Å². The maximum absolute atomic E-state index is 12.8. The Bertz CT molecular complexity index is 726. The molecule has 2 unspecified atom stereocenters. The minimum absolute atomic E-state index is 0.575. The fourth-order valence-corrected chi connectivity index (χ4v) is 2.90. The summed E-state index contributed by atoms with van der Waals surface area (Å²) in [4.78, 5) is 51.4. The first-order valence-corrected chi connectivity index (χ1v) is 7.70. The first-order chi connectivity index (χ1) is 11.7. The minimum Gasteiger partial charge on any atom is -0.467 e. The van der Waals surface area contributed by atoms with Crippen molar-refractivity contribution in [2.75, 3.05) is 26.5 Å². The number of benzene rings is 1. The second kappa shape index (κ2) is 6.92. The number of likely N-dealkylation sites (N-methyl/N-ethyl adjacent to an activating group) is 1. The molecule has 0 bridgehead atoms. The van der Waals surface area contributed by atoms with E-state index in [2.05, 4.69) is 10.1 Å². The van der Waals surface area contributed by atoms with Gasteiger partial charge in [-0.25, -0.2) is 9.59 Å². The fraction of sp³-hybridized carbons (Fsp3) is 0.412. The van der Waals surface area contributed by atoms with Crippen molar-refractivity contribution in [3.63, 3.8) is 0 Å². The normalized spacial score (nSPS) is 20.5. The van der Waals surface area contributed by atoms with Gasteiger partial charge in [-0.2, -0.15) is 0 Å². The van der Waals surface area contributed by atoms with Gasteiger partial charge >= 0.3 is 12.0 Å². The second-order valence-electron chi connectivity index (χ2n) is 5.99. The van der Waals surface area contributed by atoms with Gasteiger partial charge in [0, 0.05) is 19.8 Å². The lowest BCUT2D eigenvalue weighted by Gasteiger charge is -2.39. The van der Waals surface area contributed by atoms with Crippen molar-refractivity contribution in [1.29, 1.82) is 0 Å². The molecule has 1 aliphatic heterocycles. The fourth-order valence-electron chi connectivity index (χ4n) is 2.90. The summed E-state index contributed by atoms with van der Waals surface area (Å²) < 4.78 is 4.69. The summed E-state index contributed by atoms with van der Waals surface area (Å²) in [6, 6.07) is 3.52. The molecule has 1 fully saturated rings. The molecule has 1 heterocycles. The summed E-state index contributed by atoms with van der Waals surface area (Å²) in [6.45, 7) is 3.65. The zero-order chi connectivity index (χ0) is 18.9. The Kier molecular flexibility index (Phi) is 5.10. The molecule has 134 valence electrons. The van der Waals surface area contributed by atoms with Crippen LogP contribution in [0.2, 0.25) is 0 Å². The molecule has 1 saturated heterocycles. The van der Waals surface area contributed by atoms with Crippen molar-refractivity contribution in [3.05, 3.63) is 29.3 Å². The van der Waals surface area contributed by atoms with Crippen molar-refractivity contribution in [2.24, 2.45) is 5.92 Å². The van der Waals surface area contributed by atoms with Crippen molar-refractivity contribution in [3.8, 4) is 0 Å². The number of hydrogen-bond donors (Lipinski definition) is 1. The molecule has 2 atom stereocenters. The molecule has 4 amide bonds. The number of ether oxygens (including phenoxy) is 1. The van der Waals surface area contributed by atoms with Gasteiger partial charge in [0.1, 0.15) is 5.92 Å². The van der Waals surface area contributed by atoms with Crippen LogP contribution in [0, 0.1) is 19.8 Å². The number of urea groups is 1. The molecule has 0 radical (unpaired) electrons. The van der Waals surface area contributed by atoms with Gasteiger partial charge in [-0.1, -0.05) is 18.2 Å². The van der Waals surface area contributed by atoms with Gasteiger partial charge in [0.2, 0.25) is 11.8 Å². The van der Waals surface area contributed by atoms with Crippen LogP contribution in [-0.4, -0.2) is 60.9 Å². The molecule has 0 spiro atoms. The largest absolute Gasteiger partial charge is 0.467 e. The van der Waals surface area contributed by atoms with E-state index in [1.807, 2.05) is 32.0 Å². The zero-order valence-electron chi connectivity index (χ0n) is 14.8. The van der Waals surface area contributed by atoms with Crippen LogP contribution in [0.3, 0.4) is 0 Å². The summed E-state index contributed by atoms with van der Waals surface area (Å²) in [5.41, 5.74) is 2.22. The number of esters is 1. The lowest BCUT2D eigenvalue weighted by atomic mass is 9.93. The standard InChI is InChI=1S/C17H21N3O5/c1-9-7-6-8-10(2)12(9)18-14(21)11-13(16(23)25-5)19(3)17(24)20(4)15(11)22/h6-8,11,13H,1-5H3,(H,18,21). The lowest BCUT2D eigenvalue weighted by molar-refractivity contribution is -0.158. The molecule has 1 aromatic carbocycles. The average Bonchev–Trinajstić information content (AvgIpc) is 2.58. The van der Waals surface area contributed by atoms with Gasteiger partial charge in [0.05, 0.1) is 7.11 Å². The Morgan fingerprint density at radius 1 is 1.12 bits per heavy atom. The smallest absolute Gasteiger partial charge is 0.330 e. The van der Waals surface area contributed by atoms with Crippen molar-refractivity contribution < 1.29 is 23.9 Å². The predicted octanol–water partition coefficient (Wildman–Crippen LogP) is 0.924. The second-order valence-corrected chi connectivity index (χ2v) is 5.99. The SMILES string of the molecule is COC(=O)C1C(C(=O)Nc2c(C)cccc2C)C(=O)N(C)C(=O)N1C. The minimum atomic E-state index is -1.39. The number of amides is 4. The van der Waals surface area contributed by atoms with Crippen molar-refractivity contribution in [1.82, 2.24) is 9.80 Å². The van der Waals surface area contributed by atoms with Gasteiger partial charge in [0.15, 0.2) is 6.04 Å². The van der Waals surface area contributed by atoms with E-state index in [-0.39, 0.29) is 0 Å².